The van der Waals surface area contributed by atoms with Gasteiger partial charge in [-0.25, -0.2) is 0 Å². The Kier molecular flexibility index (Phi) is 6.39. The van der Waals surface area contributed by atoms with Crippen molar-refractivity contribution in [2.75, 3.05) is 32.0 Å². The SMILES string of the molecule is CCc1ccc(NC(=O)CN(C)CCCN)cc1. The van der Waals surface area contributed by atoms with E-state index >= 15 is 0 Å². The third-order valence-corrected chi connectivity index (χ3v) is 2.80. The van der Waals surface area contributed by atoms with E-state index in [-0.39, 0.29) is 5.91 Å². The summed E-state index contributed by atoms with van der Waals surface area (Å²) >= 11 is 0. The second-order valence-corrected chi connectivity index (χ2v) is 4.48. The number of nitrogens with zero attached hydrogens (tertiary/aromatic N) is 1. The lowest BCUT2D eigenvalue weighted by Crippen LogP contribution is -2.31. The second kappa shape index (κ2) is 7.84. The maximum Gasteiger partial charge on any atom is 0.238 e. The van der Waals surface area contributed by atoms with Gasteiger partial charge in [-0.3, -0.25) is 9.69 Å². The van der Waals surface area contributed by atoms with Gasteiger partial charge in [0.25, 0.3) is 0 Å². The molecule has 18 heavy (non-hydrogen) atoms. The number of hydrogen-bond acceptors (Lipinski definition) is 3. The lowest BCUT2D eigenvalue weighted by molar-refractivity contribution is -0.117. The first-order valence-electron chi connectivity index (χ1n) is 6.43. The zero-order valence-electron chi connectivity index (χ0n) is 11.3. The molecular weight excluding hydrogens is 226 g/mol. The van der Waals surface area contributed by atoms with Gasteiger partial charge in [0.15, 0.2) is 0 Å². The van der Waals surface area contributed by atoms with Crippen molar-refractivity contribution in [3.8, 4) is 0 Å². The van der Waals surface area contributed by atoms with Crippen molar-refractivity contribution in [1.82, 2.24) is 4.90 Å². The Morgan fingerprint density at radius 2 is 2.00 bits per heavy atom. The van der Waals surface area contributed by atoms with Crippen LogP contribution in [-0.4, -0.2) is 37.5 Å². The zero-order chi connectivity index (χ0) is 13.4. The number of amides is 1. The molecule has 0 aliphatic carbocycles. The largest absolute Gasteiger partial charge is 0.330 e. The molecule has 1 aromatic carbocycles. The highest BCUT2D eigenvalue weighted by Gasteiger charge is 2.06. The number of likely N-dealkylation sites (N-methyl/N-ethyl adjacent to an activating group) is 1. The molecule has 0 saturated carbocycles. The summed E-state index contributed by atoms with van der Waals surface area (Å²) in [5.41, 5.74) is 7.55. The summed E-state index contributed by atoms with van der Waals surface area (Å²) in [6.07, 6.45) is 1.92. The average molecular weight is 249 g/mol. The summed E-state index contributed by atoms with van der Waals surface area (Å²) in [6.45, 7) is 4.01. The van der Waals surface area contributed by atoms with E-state index in [9.17, 15) is 4.79 Å². The van der Waals surface area contributed by atoms with Crippen LogP contribution < -0.4 is 11.1 Å². The molecule has 0 radical (unpaired) electrons. The summed E-state index contributed by atoms with van der Waals surface area (Å²) < 4.78 is 0. The van der Waals surface area contributed by atoms with Crippen LogP contribution in [0.1, 0.15) is 18.9 Å². The van der Waals surface area contributed by atoms with Gasteiger partial charge in [-0.2, -0.15) is 0 Å². The van der Waals surface area contributed by atoms with Crippen LogP contribution in [0.5, 0.6) is 0 Å². The van der Waals surface area contributed by atoms with E-state index in [1.54, 1.807) is 0 Å². The van der Waals surface area contributed by atoms with E-state index < -0.39 is 0 Å². The van der Waals surface area contributed by atoms with Gasteiger partial charge in [-0.05, 0) is 50.7 Å². The van der Waals surface area contributed by atoms with Crippen molar-refractivity contribution in [3.05, 3.63) is 29.8 Å². The fraction of sp³-hybridized carbons (Fsp3) is 0.500. The highest BCUT2D eigenvalue weighted by atomic mass is 16.2. The number of nitrogens with one attached hydrogen (secondary N) is 1. The minimum absolute atomic E-state index is 0.0127. The van der Waals surface area contributed by atoms with Crippen molar-refractivity contribution in [2.24, 2.45) is 5.73 Å². The zero-order valence-corrected chi connectivity index (χ0v) is 11.3. The van der Waals surface area contributed by atoms with Gasteiger partial charge in [0, 0.05) is 5.69 Å². The number of nitrogens with two attached hydrogens (primary N) is 1. The molecule has 1 rings (SSSR count). The Hall–Kier alpha value is -1.39. The summed E-state index contributed by atoms with van der Waals surface area (Å²) in [4.78, 5) is 13.7. The van der Waals surface area contributed by atoms with Gasteiger partial charge in [0.2, 0.25) is 5.91 Å². The van der Waals surface area contributed by atoms with E-state index in [1.807, 2.05) is 36.2 Å². The molecule has 100 valence electrons. The topological polar surface area (TPSA) is 58.4 Å². The summed E-state index contributed by atoms with van der Waals surface area (Å²) in [5, 5.41) is 2.89. The van der Waals surface area contributed by atoms with Crippen LogP contribution in [-0.2, 0) is 11.2 Å². The van der Waals surface area contributed by atoms with Crippen LogP contribution in [0.25, 0.3) is 0 Å². The van der Waals surface area contributed by atoms with Crippen LogP contribution in [0.4, 0.5) is 5.69 Å². The van der Waals surface area contributed by atoms with Gasteiger partial charge >= 0.3 is 0 Å². The first-order valence-corrected chi connectivity index (χ1v) is 6.43. The number of benzene rings is 1. The summed E-state index contributed by atoms with van der Waals surface area (Å²) in [7, 11) is 1.93. The smallest absolute Gasteiger partial charge is 0.238 e. The maximum absolute atomic E-state index is 11.8. The molecule has 1 amide bonds. The van der Waals surface area contributed by atoms with E-state index in [0.29, 0.717) is 13.1 Å². The minimum Gasteiger partial charge on any atom is -0.330 e. The molecule has 0 aliphatic heterocycles. The van der Waals surface area contributed by atoms with Crippen molar-refractivity contribution in [1.29, 1.82) is 0 Å². The van der Waals surface area contributed by atoms with Gasteiger partial charge in [-0.15, -0.1) is 0 Å². The van der Waals surface area contributed by atoms with Gasteiger partial charge in [0.05, 0.1) is 6.54 Å². The first-order chi connectivity index (χ1) is 8.65. The molecule has 0 atom stereocenters. The molecule has 0 spiro atoms. The fourth-order valence-electron chi connectivity index (χ4n) is 1.71. The monoisotopic (exact) mass is 249 g/mol. The van der Waals surface area contributed by atoms with Crippen LogP contribution in [0.3, 0.4) is 0 Å². The van der Waals surface area contributed by atoms with Crippen molar-refractivity contribution in [2.45, 2.75) is 19.8 Å². The molecule has 0 heterocycles. The Bertz CT molecular complexity index is 362. The molecule has 0 unspecified atom stereocenters. The normalized spacial score (nSPS) is 10.7. The molecule has 4 nitrogen and oxygen atoms in total. The molecule has 1 aromatic rings. The molecular formula is C14H23N3O. The molecule has 0 bridgehead atoms. The van der Waals surface area contributed by atoms with Crippen LogP contribution in [0, 0.1) is 0 Å². The number of carbonyl (C=O) groups is 1. The van der Waals surface area contributed by atoms with E-state index in [2.05, 4.69) is 12.2 Å². The average Bonchev–Trinajstić information content (AvgIpc) is 2.37. The van der Waals surface area contributed by atoms with E-state index in [0.717, 1.165) is 25.1 Å². The molecule has 0 aromatic heterocycles. The number of anilines is 1. The first kappa shape index (κ1) is 14.7. The predicted octanol–water partition coefficient (Wildman–Crippen LogP) is 1.47. The Morgan fingerprint density at radius 1 is 1.33 bits per heavy atom. The number of hydrogen-bond donors (Lipinski definition) is 2. The maximum atomic E-state index is 11.8. The Balaban J connectivity index is 2.39. The molecule has 0 aliphatic rings. The van der Waals surface area contributed by atoms with Crippen LogP contribution in [0.15, 0.2) is 24.3 Å². The summed E-state index contributed by atoms with van der Waals surface area (Å²) in [5.74, 6) is 0.0127. The highest BCUT2D eigenvalue weighted by molar-refractivity contribution is 5.92. The highest BCUT2D eigenvalue weighted by Crippen LogP contribution is 2.09. The van der Waals surface area contributed by atoms with Crippen LogP contribution >= 0.6 is 0 Å². The van der Waals surface area contributed by atoms with Crippen molar-refractivity contribution < 1.29 is 4.79 Å². The molecule has 0 fully saturated rings. The third kappa shape index (κ3) is 5.29. The lowest BCUT2D eigenvalue weighted by Gasteiger charge is -2.15. The van der Waals surface area contributed by atoms with Crippen molar-refractivity contribution in [3.63, 3.8) is 0 Å². The fourth-order valence-corrected chi connectivity index (χ4v) is 1.71. The standard InChI is InChI=1S/C14H23N3O/c1-3-12-5-7-13(8-6-12)16-14(18)11-17(2)10-4-9-15/h5-8H,3-4,9-11,15H2,1-2H3,(H,16,18). The Morgan fingerprint density at radius 3 is 2.56 bits per heavy atom. The summed E-state index contributed by atoms with van der Waals surface area (Å²) in [6, 6.07) is 7.95. The second-order valence-electron chi connectivity index (χ2n) is 4.48. The number of carbonyl (C=O) groups excluding carboxylic acids is 1. The predicted molar refractivity (Wildman–Crippen MR) is 75.6 cm³/mol. The van der Waals surface area contributed by atoms with Crippen molar-refractivity contribution >= 4 is 11.6 Å². The Labute approximate surface area is 109 Å². The third-order valence-electron chi connectivity index (χ3n) is 2.80. The van der Waals surface area contributed by atoms with Gasteiger partial charge in [0.1, 0.15) is 0 Å². The van der Waals surface area contributed by atoms with Gasteiger partial charge in [-0.1, -0.05) is 19.1 Å². The lowest BCUT2D eigenvalue weighted by atomic mass is 10.1. The number of aryl methyl sites for hydroxylation is 1. The number of rotatable bonds is 7. The molecule has 3 N–H and O–H groups in total. The van der Waals surface area contributed by atoms with Gasteiger partial charge < -0.3 is 11.1 Å². The molecule has 4 heteroatoms. The quantitative estimate of drug-likeness (QED) is 0.769. The van der Waals surface area contributed by atoms with Crippen LogP contribution in [0.2, 0.25) is 0 Å². The minimum atomic E-state index is 0.0127. The van der Waals surface area contributed by atoms with E-state index in [4.69, 9.17) is 5.73 Å². The van der Waals surface area contributed by atoms with E-state index in [1.165, 1.54) is 5.56 Å². The molecule has 0 saturated heterocycles.